The molecule has 0 aliphatic carbocycles. The van der Waals surface area contributed by atoms with Gasteiger partial charge in [-0.2, -0.15) is 0 Å². The first-order chi connectivity index (χ1) is 9.12. The van der Waals surface area contributed by atoms with Crippen molar-refractivity contribution >= 4 is 12.0 Å². The van der Waals surface area contributed by atoms with Gasteiger partial charge < -0.3 is 9.47 Å². The van der Waals surface area contributed by atoms with Crippen molar-refractivity contribution in [1.82, 2.24) is 5.06 Å². The predicted octanol–water partition coefficient (Wildman–Crippen LogP) is 2.13. The number of hydrogen-bond acceptors (Lipinski definition) is 4. The molecular weight excluding hydrogens is 246 g/mol. The van der Waals surface area contributed by atoms with Gasteiger partial charge in [-0.1, -0.05) is 18.2 Å². The molecule has 0 atom stereocenters. The van der Waals surface area contributed by atoms with E-state index in [4.69, 9.17) is 14.3 Å². The molecule has 0 saturated heterocycles. The number of hydroxylamine groups is 2. The molecule has 1 rings (SSSR count). The number of allylic oxidation sites excluding steroid dienone is 1. The fourth-order valence-electron chi connectivity index (χ4n) is 1.43. The van der Waals surface area contributed by atoms with E-state index >= 15 is 0 Å². The first kappa shape index (κ1) is 15.0. The van der Waals surface area contributed by atoms with Crippen LogP contribution in [-0.4, -0.2) is 38.8 Å². The molecule has 0 fully saturated rings. The number of rotatable bonds is 6. The third kappa shape index (κ3) is 4.30. The zero-order valence-electron chi connectivity index (χ0n) is 11.7. The Morgan fingerprint density at radius 3 is 2.63 bits per heavy atom. The molecular formula is C14H19NO4. The van der Waals surface area contributed by atoms with E-state index in [1.165, 1.54) is 14.2 Å². The first-order valence-corrected chi connectivity index (χ1v) is 5.86. The van der Waals surface area contributed by atoms with E-state index in [9.17, 15) is 4.79 Å². The van der Waals surface area contributed by atoms with Crippen LogP contribution < -0.4 is 9.47 Å². The predicted molar refractivity (Wildman–Crippen MR) is 73.0 cm³/mol. The highest BCUT2D eigenvalue weighted by atomic mass is 16.7. The highest BCUT2D eigenvalue weighted by Crippen LogP contribution is 2.28. The number of ether oxygens (including phenoxy) is 2. The molecule has 5 heteroatoms. The van der Waals surface area contributed by atoms with E-state index in [1.807, 2.05) is 31.2 Å². The number of methoxy groups -OCH3 is 1. The van der Waals surface area contributed by atoms with Crippen LogP contribution in [0.4, 0.5) is 0 Å². The summed E-state index contributed by atoms with van der Waals surface area (Å²) in [6.45, 7) is 1.83. The molecule has 1 aromatic rings. The summed E-state index contributed by atoms with van der Waals surface area (Å²) in [4.78, 5) is 16.3. The van der Waals surface area contributed by atoms with Gasteiger partial charge in [-0.05, 0) is 24.6 Å². The SMILES string of the molecule is C/C=C/c1ccc(OCC(=O)N(C)OC)c(OC)c1. The second kappa shape index (κ2) is 7.43. The van der Waals surface area contributed by atoms with E-state index in [2.05, 4.69) is 0 Å². The molecule has 0 unspecified atom stereocenters. The molecule has 0 aliphatic heterocycles. The molecule has 1 aromatic carbocycles. The van der Waals surface area contributed by atoms with Gasteiger partial charge in [-0.25, -0.2) is 5.06 Å². The van der Waals surface area contributed by atoms with Crippen molar-refractivity contribution in [3.63, 3.8) is 0 Å². The summed E-state index contributed by atoms with van der Waals surface area (Å²) in [5.41, 5.74) is 1.01. The smallest absolute Gasteiger partial charge is 0.283 e. The summed E-state index contributed by atoms with van der Waals surface area (Å²) in [5, 5.41) is 1.11. The Morgan fingerprint density at radius 1 is 1.32 bits per heavy atom. The van der Waals surface area contributed by atoms with Crippen LogP contribution in [0, 0.1) is 0 Å². The van der Waals surface area contributed by atoms with Crippen molar-refractivity contribution < 1.29 is 19.1 Å². The number of nitrogens with zero attached hydrogens (tertiary/aromatic N) is 1. The number of likely N-dealkylation sites (N-methyl/N-ethyl adjacent to an activating group) is 1. The van der Waals surface area contributed by atoms with E-state index in [0.717, 1.165) is 10.6 Å². The number of carbonyl (C=O) groups is 1. The zero-order chi connectivity index (χ0) is 14.3. The molecule has 1 amide bonds. The second-order valence-electron chi connectivity index (χ2n) is 3.77. The Morgan fingerprint density at radius 2 is 2.05 bits per heavy atom. The molecule has 0 bridgehead atoms. The summed E-state index contributed by atoms with van der Waals surface area (Å²) in [6, 6.07) is 5.51. The largest absolute Gasteiger partial charge is 0.493 e. The van der Waals surface area contributed by atoms with Crippen molar-refractivity contribution in [2.24, 2.45) is 0 Å². The normalized spacial score (nSPS) is 10.5. The molecule has 104 valence electrons. The van der Waals surface area contributed by atoms with Gasteiger partial charge in [0.2, 0.25) is 0 Å². The van der Waals surface area contributed by atoms with Crippen LogP contribution in [0.5, 0.6) is 11.5 Å². The Bertz CT molecular complexity index is 457. The minimum Gasteiger partial charge on any atom is -0.493 e. The van der Waals surface area contributed by atoms with Crippen molar-refractivity contribution in [2.75, 3.05) is 27.9 Å². The molecule has 5 nitrogen and oxygen atoms in total. The Balaban J connectivity index is 2.75. The van der Waals surface area contributed by atoms with Crippen molar-refractivity contribution in [1.29, 1.82) is 0 Å². The van der Waals surface area contributed by atoms with Gasteiger partial charge in [0.15, 0.2) is 18.1 Å². The highest BCUT2D eigenvalue weighted by molar-refractivity contribution is 5.76. The van der Waals surface area contributed by atoms with E-state index in [-0.39, 0.29) is 12.5 Å². The van der Waals surface area contributed by atoms with E-state index in [0.29, 0.717) is 11.5 Å². The maximum Gasteiger partial charge on any atom is 0.283 e. The van der Waals surface area contributed by atoms with Crippen molar-refractivity contribution in [3.05, 3.63) is 29.8 Å². The van der Waals surface area contributed by atoms with Crippen molar-refractivity contribution in [3.8, 4) is 11.5 Å². The van der Waals surface area contributed by atoms with E-state index in [1.54, 1.807) is 13.2 Å². The van der Waals surface area contributed by atoms with Gasteiger partial charge in [0.25, 0.3) is 5.91 Å². The van der Waals surface area contributed by atoms with Crippen LogP contribution >= 0.6 is 0 Å². The van der Waals surface area contributed by atoms with Crippen LogP contribution in [-0.2, 0) is 9.63 Å². The molecule has 0 heterocycles. The number of amides is 1. The Labute approximate surface area is 113 Å². The fourth-order valence-corrected chi connectivity index (χ4v) is 1.43. The van der Waals surface area contributed by atoms with Crippen LogP contribution in [0.1, 0.15) is 12.5 Å². The maximum atomic E-state index is 11.5. The van der Waals surface area contributed by atoms with Gasteiger partial charge in [0, 0.05) is 7.05 Å². The minimum atomic E-state index is -0.276. The summed E-state index contributed by atoms with van der Waals surface area (Å²) < 4.78 is 10.7. The highest BCUT2D eigenvalue weighted by Gasteiger charge is 2.11. The Kier molecular flexibility index (Phi) is 5.89. The fraction of sp³-hybridized carbons (Fsp3) is 0.357. The topological polar surface area (TPSA) is 48.0 Å². The minimum absolute atomic E-state index is 0.107. The summed E-state index contributed by atoms with van der Waals surface area (Å²) in [6.07, 6.45) is 3.89. The number of benzene rings is 1. The number of carbonyl (C=O) groups excluding carboxylic acids is 1. The molecule has 0 aromatic heterocycles. The lowest BCUT2D eigenvalue weighted by Gasteiger charge is -2.15. The van der Waals surface area contributed by atoms with Gasteiger partial charge >= 0.3 is 0 Å². The van der Waals surface area contributed by atoms with Crippen LogP contribution in [0.25, 0.3) is 6.08 Å². The van der Waals surface area contributed by atoms with E-state index < -0.39 is 0 Å². The first-order valence-electron chi connectivity index (χ1n) is 5.86. The third-order valence-electron chi connectivity index (χ3n) is 2.52. The molecule has 0 radical (unpaired) electrons. The number of hydrogen-bond donors (Lipinski definition) is 0. The average molecular weight is 265 g/mol. The maximum absolute atomic E-state index is 11.5. The second-order valence-corrected chi connectivity index (χ2v) is 3.77. The lowest BCUT2D eigenvalue weighted by molar-refractivity contribution is -0.170. The molecule has 0 saturated carbocycles. The van der Waals surface area contributed by atoms with Crippen molar-refractivity contribution in [2.45, 2.75) is 6.92 Å². The standard InChI is InChI=1S/C14H19NO4/c1-5-6-11-7-8-12(13(9-11)17-3)19-10-14(16)15(2)18-4/h5-9H,10H2,1-4H3/b6-5+. The van der Waals surface area contributed by atoms with Crippen LogP contribution in [0.2, 0.25) is 0 Å². The summed E-state index contributed by atoms with van der Waals surface area (Å²) in [5.74, 6) is 0.833. The quantitative estimate of drug-likeness (QED) is 0.739. The monoisotopic (exact) mass is 265 g/mol. The molecule has 0 aliphatic rings. The lowest BCUT2D eigenvalue weighted by Crippen LogP contribution is -2.30. The lowest BCUT2D eigenvalue weighted by atomic mass is 10.2. The van der Waals surface area contributed by atoms with Gasteiger partial charge in [0.05, 0.1) is 14.2 Å². The Hall–Kier alpha value is -2.01. The van der Waals surface area contributed by atoms with Gasteiger partial charge in [0.1, 0.15) is 0 Å². The summed E-state index contributed by atoms with van der Waals surface area (Å²) >= 11 is 0. The zero-order valence-corrected chi connectivity index (χ0v) is 11.7. The van der Waals surface area contributed by atoms with Crippen LogP contribution in [0.3, 0.4) is 0 Å². The average Bonchev–Trinajstić information content (AvgIpc) is 2.44. The van der Waals surface area contributed by atoms with Gasteiger partial charge in [-0.15, -0.1) is 0 Å². The third-order valence-corrected chi connectivity index (χ3v) is 2.52. The summed E-state index contributed by atoms with van der Waals surface area (Å²) in [7, 11) is 4.51. The molecule has 19 heavy (non-hydrogen) atoms. The molecule has 0 spiro atoms. The molecule has 0 N–H and O–H groups in total. The van der Waals surface area contributed by atoms with Crippen LogP contribution in [0.15, 0.2) is 24.3 Å². The van der Waals surface area contributed by atoms with Gasteiger partial charge in [-0.3, -0.25) is 9.63 Å².